The smallest absolute Gasteiger partial charge is 0.194 e. The molecule has 1 aromatic carbocycles. The van der Waals surface area contributed by atoms with Gasteiger partial charge in [-0.3, -0.25) is 4.99 Å². The number of guanidine groups is 1. The number of hydrogen-bond donors (Lipinski definition) is 1. The van der Waals surface area contributed by atoms with Gasteiger partial charge in [-0.05, 0) is 57.6 Å². The van der Waals surface area contributed by atoms with Crippen LogP contribution in [0.1, 0.15) is 19.8 Å². The molecule has 0 aromatic heterocycles. The van der Waals surface area contributed by atoms with E-state index in [9.17, 15) is 4.39 Å². The lowest BCUT2D eigenvalue weighted by Gasteiger charge is -2.37. The van der Waals surface area contributed by atoms with Crippen molar-refractivity contribution in [2.45, 2.75) is 19.8 Å². The van der Waals surface area contributed by atoms with Crippen LogP contribution in [0.15, 0.2) is 29.3 Å². The van der Waals surface area contributed by atoms with E-state index in [0.29, 0.717) is 0 Å². The van der Waals surface area contributed by atoms with E-state index in [4.69, 9.17) is 4.99 Å². The highest BCUT2D eigenvalue weighted by molar-refractivity contribution is 14.0. The third-order valence-corrected chi connectivity index (χ3v) is 5.85. The number of nitrogens with one attached hydrogen (secondary N) is 1. The Morgan fingerprint density at radius 2 is 1.63 bits per heavy atom. The average molecular weight is 532 g/mol. The number of halogens is 2. The number of anilines is 1. The van der Waals surface area contributed by atoms with E-state index in [1.807, 2.05) is 12.1 Å². The van der Waals surface area contributed by atoms with Gasteiger partial charge in [0.1, 0.15) is 5.82 Å². The molecule has 2 saturated heterocycles. The summed E-state index contributed by atoms with van der Waals surface area (Å²) in [6, 6.07) is 6.81. The van der Waals surface area contributed by atoms with Crippen molar-refractivity contribution < 1.29 is 4.39 Å². The Hall–Kier alpha value is -1.13. The third kappa shape index (κ3) is 7.85. The Morgan fingerprint density at radius 3 is 2.27 bits per heavy atom. The van der Waals surface area contributed by atoms with Crippen LogP contribution >= 0.6 is 24.0 Å². The van der Waals surface area contributed by atoms with E-state index < -0.39 is 0 Å². The van der Waals surface area contributed by atoms with Crippen LogP contribution in [0.4, 0.5) is 10.1 Å². The minimum absolute atomic E-state index is 0. The van der Waals surface area contributed by atoms with Crippen LogP contribution in [0.5, 0.6) is 0 Å². The van der Waals surface area contributed by atoms with Gasteiger partial charge in [-0.15, -0.1) is 24.0 Å². The summed E-state index contributed by atoms with van der Waals surface area (Å²) in [6.45, 7) is 13.6. The van der Waals surface area contributed by atoms with Gasteiger partial charge in [0.15, 0.2) is 5.96 Å². The second-order valence-electron chi connectivity index (χ2n) is 8.04. The number of hydrogen-bond acceptors (Lipinski definition) is 4. The zero-order valence-corrected chi connectivity index (χ0v) is 20.9. The maximum Gasteiger partial charge on any atom is 0.194 e. The molecule has 6 nitrogen and oxygen atoms in total. The van der Waals surface area contributed by atoms with E-state index in [-0.39, 0.29) is 29.8 Å². The topological polar surface area (TPSA) is 37.4 Å². The highest BCUT2D eigenvalue weighted by Gasteiger charge is 2.20. The fourth-order valence-electron chi connectivity index (χ4n) is 3.96. The number of piperazine rings is 2. The molecular weight excluding hydrogens is 494 g/mol. The molecule has 2 fully saturated rings. The SMILES string of the molecule is CCNC(=NCCCCN1CCN(C)CC1)N1CCN(c2ccc(F)cc2)CC1.I. The van der Waals surface area contributed by atoms with Crippen molar-refractivity contribution in [3.05, 3.63) is 30.1 Å². The molecule has 1 aromatic rings. The summed E-state index contributed by atoms with van der Waals surface area (Å²) in [5.41, 5.74) is 1.09. The van der Waals surface area contributed by atoms with Crippen LogP contribution in [-0.4, -0.2) is 99.7 Å². The van der Waals surface area contributed by atoms with Gasteiger partial charge >= 0.3 is 0 Å². The molecule has 3 rings (SSSR count). The molecule has 0 amide bonds. The predicted octanol–water partition coefficient (Wildman–Crippen LogP) is 2.56. The van der Waals surface area contributed by atoms with Gasteiger partial charge in [0.2, 0.25) is 0 Å². The average Bonchev–Trinajstić information content (AvgIpc) is 2.75. The fraction of sp³-hybridized carbons (Fsp3) is 0.682. The maximum absolute atomic E-state index is 13.1. The molecule has 0 aliphatic carbocycles. The molecule has 2 aliphatic heterocycles. The number of rotatable bonds is 7. The highest BCUT2D eigenvalue weighted by atomic mass is 127. The van der Waals surface area contributed by atoms with E-state index in [2.05, 4.69) is 38.9 Å². The van der Waals surface area contributed by atoms with Crippen molar-refractivity contribution >= 4 is 35.6 Å². The molecule has 30 heavy (non-hydrogen) atoms. The molecule has 2 heterocycles. The Morgan fingerprint density at radius 1 is 0.967 bits per heavy atom. The summed E-state index contributed by atoms with van der Waals surface area (Å²) in [6.07, 6.45) is 2.35. The second kappa shape index (κ2) is 13.3. The molecule has 8 heteroatoms. The summed E-state index contributed by atoms with van der Waals surface area (Å²) < 4.78 is 13.1. The summed E-state index contributed by atoms with van der Waals surface area (Å²) in [4.78, 5) is 14.5. The second-order valence-corrected chi connectivity index (χ2v) is 8.04. The van der Waals surface area contributed by atoms with E-state index in [1.54, 1.807) is 0 Å². The molecule has 0 radical (unpaired) electrons. The number of unbranched alkanes of at least 4 members (excludes halogenated alkanes) is 1. The number of nitrogens with zero attached hydrogens (tertiary/aromatic N) is 5. The minimum Gasteiger partial charge on any atom is -0.368 e. The monoisotopic (exact) mass is 532 g/mol. The molecular formula is C22H38FIN6. The largest absolute Gasteiger partial charge is 0.368 e. The van der Waals surface area contributed by atoms with Gasteiger partial charge < -0.3 is 24.9 Å². The molecule has 0 bridgehead atoms. The van der Waals surface area contributed by atoms with Gasteiger partial charge in [0.05, 0.1) is 0 Å². The zero-order valence-electron chi connectivity index (χ0n) is 18.5. The summed E-state index contributed by atoms with van der Waals surface area (Å²) in [7, 11) is 2.20. The Labute approximate surface area is 198 Å². The quantitative estimate of drug-likeness (QED) is 0.253. The first-order chi connectivity index (χ1) is 14.2. The molecule has 170 valence electrons. The van der Waals surface area contributed by atoms with Crippen LogP contribution in [0, 0.1) is 5.82 Å². The number of aliphatic imine (C=N–C) groups is 1. The van der Waals surface area contributed by atoms with Gasteiger partial charge in [-0.25, -0.2) is 4.39 Å². The van der Waals surface area contributed by atoms with Crippen molar-refractivity contribution in [2.24, 2.45) is 4.99 Å². The first kappa shape index (κ1) is 25.1. The molecule has 0 atom stereocenters. The molecule has 0 unspecified atom stereocenters. The van der Waals surface area contributed by atoms with Crippen LogP contribution in [0.2, 0.25) is 0 Å². The zero-order chi connectivity index (χ0) is 20.5. The maximum atomic E-state index is 13.1. The molecule has 0 spiro atoms. The fourth-order valence-corrected chi connectivity index (χ4v) is 3.96. The van der Waals surface area contributed by atoms with E-state index in [1.165, 1.54) is 51.3 Å². The first-order valence-electron chi connectivity index (χ1n) is 11.1. The van der Waals surface area contributed by atoms with Gasteiger partial charge in [-0.1, -0.05) is 0 Å². The van der Waals surface area contributed by atoms with Crippen molar-refractivity contribution in [1.29, 1.82) is 0 Å². The Kier molecular flexibility index (Phi) is 11.2. The highest BCUT2D eigenvalue weighted by Crippen LogP contribution is 2.17. The summed E-state index contributed by atoms with van der Waals surface area (Å²) in [5.74, 6) is 0.854. The van der Waals surface area contributed by atoms with Crippen LogP contribution in [0.3, 0.4) is 0 Å². The van der Waals surface area contributed by atoms with Crippen molar-refractivity contribution in [3.8, 4) is 0 Å². The van der Waals surface area contributed by atoms with Crippen LogP contribution in [0.25, 0.3) is 0 Å². The van der Waals surface area contributed by atoms with Gasteiger partial charge in [-0.2, -0.15) is 0 Å². The first-order valence-corrected chi connectivity index (χ1v) is 11.1. The van der Waals surface area contributed by atoms with Gasteiger partial charge in [0.25, 0.3) is 0 Å². The van der Waals surface area contributed by atoms with Crippen LogP contribution < -0.4 is 10.2 Å². The molecule has 0 saturated carbocycles. The van der Waals surface area contributed by atoms with Crippen molar-refractivity contribution in [3.63, 3.8) is 0 Å². The lowest BCUT2D eigenvalue weighted by atomic mass is 10.2. The molecule has 2 aliphatic rings. The van der Waals surface area contributed by atoms with Crippen molar-refractivity contribution in [1.82, 2.24) is 20.0 Å². The minimum atomic E-state index is -0.179. The lowest BCUT2D eigenvalue weighted by Crippen LogP contribution is -2.52. The normalized spacial score (nSPS) is 19.0. The Bertz CT molecular complexity index is 625. The Balaban J connectivity index is 0.00000320. The molecule has 1 N–H and O–H groups in total. The van der Waals surface area contributed by atoms with E-state index >= 15 is 0 Å². The van der Waals surface area contributed by atoms with Crippen LogP contribution in [-0.2, 0) is 0 Å². The predicted molar refractivity (Wildman–Crippen MR) is 135 cm³/mol. The van der Waals surface area contributed by atoms with E-state index in [0.717, 1.165) is 57.3 Å². The lowest BCUT2D eigenvalue weighted by molar-refractivity contribution is 0.152. The summed E-state index contributed by atoms with van der Waals surface area (Å²) >= 11 is 0. The standard InChI is InChI=1S/C22H37FN6.HI/c1-3-24-22(25-10-4-5-11-27-14-12-26(2)13-15-27)29-18-16-28(17-19-29)21-8-6-20(23)7-9-21;/h6-9H,3-5,10-19H2,1-2H3,(H,24,25);1H. The number of benzene rings is 1. The van der Waals surface area contributed by atoms with Gasteiger partial charge in [0, 0.05) is 71.1 Å². The number of likely N-dealkylation sites (N-methyl/N-ethyl adjacent to an activating group) is 1. The summed E-state index contributed by atoms with van der Waals surface area (Å²) in [5, 5.41) is 3.45. The van der Waals surface area contributed by atoms with Crippen molar-refractivity contribution in [2.75, 3.05) is 83.9 Å². The third-order valence-electron chi connectivity index (χ3n) is 5.85.